The number of aryl methyl sites for hydroxylation is 1. The molecule has 1 saturated heterocycles. The van der Waals surface area contributed by atoms with E-state index in [9.17, 15) is 14.7 Å². The Bertz CT molecular complexity index is 914. The summed E-state index contributed by atoms with van der Waals surface area (Å²) in [5.41, 5.74) is 1.05. The second-order valence-corrected chi connectivity index (χ2v) is 9.07. The third-order valence-electron chi connectivity index (χ3n) is 4.69. The van der Waals surface area contributed by atoms with Crippen LogP contribution in [-0.2, 0) is 4.79 Å². The highest BCUT2D eigenvalue weighted by Gasteiger charge is 2.28. The van der Waals surface area contributed by atoms with Crippen LogP contribution >= 0.6 is 23.1 Å². The Morgan fingerprint density at radius 3 is 3.00 bits per heavy atom. The summed E-state index contributed by atoms with van der Waals surface area (Å²) in [6, 6.07) is 7.58. The number of aliphatic hydroxyl groups is 1. The lowest BCUT2D eigenvalue weighted by molar-refractivity contribution is -0.128. The van der Waals surface area contributed by atoms with E-state index >= 15 is 0 Å². The molecule has 1 aromatic heterocycles. The van der Waals surface area contributed by atoms with Gasteiger partial charge < -0.3 is 19.8 Å². The van der Waals surface area contributed by atoms with Gasteiger partial charge in [-0.2, -0.15) is 0 Å². The van der Waals surface area contributed by atoms with E-state index in [4.69, 9.17) is 9.84 Å². The summed E-state index contributed by atoms with van der Waals surface area (Å²) in [4.78, 5) is 29.0. The van der Waals surface area contributed by atoms with Crippen molar-refractivity contribution in [2.24, 2.45) is 0 Å². The minimum atomic E-state index is -1.04. The highest BCUT2D eigenvalue weighted by Crippen LogP contribution is 2.25. The van der Waals surface area contributed by atoms with Crippen molar-refractivity contribution in [1.29, 1.82) is 0 Å². The smallest absolute Gasteiger partial charge is 0.355 e. The molecule has 30 heavy (non-hydrogen) atoms. The van der Waals surface area contributed by atoms with Crippen LogP contribution in [0.3, 0.4) is 0 Å². The first-order valence-electron chi connectivity index (χ1n) is 9.60. The first-order chi connectivity index (χ1) is 14.4. The number of rotatable bonds is 10. The number of carboxylic acid groups (broad SMARTS) is 1. The number of aromatic carboxylic acids is 1. The van der Waals surface area contributed by atoms with Crippen LogP contribution in [0.25, 0.3) is 0 Å². The molecule has 1 aliphatic heterocycles. The van der Waals surface area contributed by atoms with Crippen LogP contribution in [0, 0.1) is 6.92 Å². The van der Waals surface area contributed by atoms with Crippen LogP contribution in [0.4, 0.5) is 0 Å². The van der Waals surface area contributed by atoms with Gasteiger partial charge in [-0.15, -0.1) is 11.3 Å². The third-order valence-corrected chi connectivity index (χ3v) is 6.69. The monoisotopic (exact) mass is 448 g/mol. The Kier molecular flexibility index (Phi) is 7.89. The van der Waals surface area contributed by atoms with Gasteiger partial charge in [0.25, 0.3) is 0 Å². The predicted molar refractivity (Wildman–Crippen MR) is 116 cm³/mol. The van der Waals surface area contributed by atoms with Gasteiger partial charge in [0.05, 0.1) is 6.04 Å². The standard InChI is InChI=1S/C21H24N2O5S2/c1-14-4-2-3-5-18(14)28-12-16(24)8-6-15-7-9-19(25)23(15)10-11-29-21-22-17(13-30-21)20(26)27/h2-6,8,13,15-16,24H,7,9-12H2,1H3,(H,26,27)/b8-6+/t15-,16?/m0/s1. The molecule has 2 atom stereocenters. The number of benzene rings is 1. The second-order valence-electron chi connectivity index (χ2n) is 6.87. The van der Waals surface area contributed by atoms with E-state index in [1.807, 2.05) is 37.3 Å². The minimum Gasteiger partial charge on any atom is -0.490 e. The van der Waals surface area contributed by atoms with Crippen LogP contribution < -0.4 is 4.74 Å². The number of hydrogen-bond donors (Lipinski definition) is 2. The fourth-order valence-corrected chi connectivity index (χ4v) is 4.91. The zero-order valence-corrected chi connectivity index (χ0v) is 18.2. The minimum absolute atomic E-state index is 0.0439. The van der Waals surface area contributed by atoms with Crippen molar-refractivity contribution in [2.45, 2.75) is 36.3 Å². The van der Waals surface area contributed by atoms with Crippen LogP contribution in [-0.4, -0.2) is 63.0 Å². The van der Waals surface area contributed by atoms with Crippen molar-refractivity contribution >= 4 is 35.0 Å². The van der Waals surface area contributed by atoms with Crippen LogP contribution in [0.1, 0.15) is 28.9 Å². The number of thiazole rings is 1. The van der Waals surface area contributed by atoms with Gasteiger partial charge in [-0.25, -0.2) is 9.78 Å². The molecule has 0 saturated carbocycles. The van der Waals surface area contributed by atoms with Crippen molar-refractivity contribution in [3.8, 4) is 5.75 Å². The summed E-state index contributed by atoms with van der Waals surface area (Å²) >= 11 is 2.73. The van der Waals surface area contributed by atoms with Gasteiger partial charge in [-0.1, -0.05) is 42.1 Å². The van der Waals surface area contributed by atoms with Gasteiger partial charge in [-0.05, 0) is 25.0 Å². The molecule has 7 nitrogen and oxygen atoms in total. The van der Waals surface area contributed by atoms with E-state index in [0.717, 1.165) is 11.3 Å². The van der Waals surface area contributed by atoms with Gasteiger partial charge in [0.1, 0.15) is 18.5 Å². The normalized spacial score (nSPS) is 17.6. The highest BCUT2D eigenvalue weighted by molar-refractivity contribution is 8.01. The maximum absolute atomic E-state index is 12.2. The number of nitrogens with zero attached hydrogens (tertiary/aromatic N) is 2. The Morgan fingerprint density at radius 2 is 2.27 bits per heavy atom. The highest BCUT2D eigenvalue weighted by atomic mass is 32.2. The molecule has 2 heterocycles. The number of aromatic nitrogens is 1. The fourth-order valence-electron chi connectivity index (χ4n) is 3.11. The molecule has 160 valence electrons. The Balaban J connectivity index is 1.47. The summed E-state index contributed by atoms with van der Waals surface area (Å²) in [5, 5.41) is 20.7. The van der Waals surface area contributed by atoms with Gasteiger partial charge in [-0.3, -0.25) is 4.79 Å². The maximum atomic E-state index is 12.2. The molecular weight excluding hydrogens is 424 g/mol. The number of aliphatic hydroxyl groups excluding tert-OH is 1. The first-order valence-corrected chi connectivity index (χ1v) is 11.5. The van der Waals surface area contributed by atoms with Gasteiger partial charge in [0.15, 0.2) is 10.0 Å². The van der Waals surface area contributed by atoms with Crippen molar-refractivity contribution < 1.29 is 24.5 Å². The SMILES string of the molecule is Cc1ccccc1OCC(O)/C=C/[C@H]1CCC(=O)N1CCSc1nc(C(=O)O)cs1. The van der Waals surface area contributed by atoms with E-state index < -0.39 is 12.1 Å². The number of thioether (sulfide) groups is 1. The lowest BCUT2D eigenvalue weighted by Gasteiger charge is -2.22. The van der Waals surface area contributed by atoms with Crippen LogP contribution in [0.5, 0.6) is 5.75 Å². The molecule has 2 N–H and O–H groups in total. The molecule has 0 aliphatic carbocycles. The Morgan fingerprint density at radius 1 is 1.47 bits per heavy atom. The van der Waals surface area contributed by atoms with E-state index in [-0.39, 0.29) is 24.2 Å². The van der Waals surface area contributed by atoms with E-state index in [0.29, 0.717) is 29.5 Å². The first kappa shape index (κ1) is 22.3. The zero-order chi connectivity index (χ0) is 21.5. The molecule has 9 heteroatoms. The summed E-state index contributed by atoms with van der Waals surface area (Å²) in [6.45, 7) is 2.63. The van der Waals surface area contributed by atoms with E-state index in [1.165, 1.54) is 28.5 Å². The van der Waals surface area contributed by atoms with E-state index in [2.05, 4.69) is 4.98 Å². The number of carbonyl (C=O) groups excluding carboxylic acids is 1. The summed E-state index contributed by atoms with van der Waals surface area (Å²) in [5.74, 6) is 0.416. The summed E-state index contributed by atoms with van der Waals surface area (Å²) in [6.07, 6.45) is 3.98. The van der Waals surface area contributed by atoms with Crippen molar-refractivity contribution in [1.82, 2.24) is 9.88 Å². The van der Waals surface area contributed by atoms with Gasteiger partial charge >= 0.3 is 5.97 Å². The number of para-hydroxylation sites is 1. The number of amides is 1. The molecule has 1 aliphatic rings. The van der Waals surface area contributed by atoms with Crippen molar-refractivity contribution in [3.63, 3.8) is 0 Å². The predicted octanol–water partition coefficient (Wildman–Crippen LogP) is 3.23. The largest absolute Gasteiger partial charge is 0.490 e. The number of hydrogen-bond acceptors (Lipinski definition) is 7. The molecule has 0 bridgehead atoms. The molecule has 2 aromatic rings. The number of ether oxygens (including phenoxy) is 1. The maximum Gasteiger partial charge on any atom is 0.355 e. The summed E-state index contributed by atoms with van der Waals surface area (Å²) < 4.78 is 6.34. The second kappa shape index (κ2) is 10.6. The van der Waals surface area contributed by atoms with Crippen molar-refractivity contribution in [3.05, 3.63) is 53.1 Å². The van der Waals surface area contributed by atoms with Gasteiger partial charge in [0, 0.05) is 24.1 Å². The van der Waals surface area contributed by atoms with Gasteiger partial charge in [0.2, 0.25) is 5.91 Å². The lowest BCUT2D eigenvalue weighted by Crippen LogP contribution is -2.34. The third kappa shape index (κ3) is 6.07. The quantitative estimate of drug-likeness (QED) is 0.425. The summed E-state index contributed by atoms with van der Waals surface area (Å²) in [7, 11) is 0. The molecule has 0 spiro atoms. The molecule has 3 rings (SSSR count). The fraction of sp³-hybridized carbons (Fsp3) is 0.381. The Hall–Kier alpha value is -2.36. The molecule has 0 radical (unpaired) electrons. The zero-order valence-electron chi connectivity index (χ0n) is 16.6. The molecule has 1 fully saturated rings. The number of likely N-dealkylation sites (tertiary alicyclic amines) is 1. The molecule has 1 unspecified atom stereocenters. The lowest BCUT2D eigenvalue weighted by atomic mass is 10.2. The number of carbonyl (C=O) groups is 2. The Labute approximate surface area is 183 Å². The molecule has 1 amide bonds. The van der Waals surface area contributed by atoms with Crippen molar-refractivity contribution in [2.75, 3.05) is 18.9 Å². The molecular formula is C21H24N2O5S2. The van der Waals surface area contributed by atoms with Crippen LogP contribution in [0.15, 0.2) is 46.1 Å². The average molecular weight is 449 g/mol. The molecule has 1 aromatic carbocycles. The average Bonchev–Trinajstić information content (AvgIpc) is 3.33. The number of carboxylic acids is 1. The topological polar surface area (TPSA) is 100.0 Å². The van der Waals surface area contributed by atoms with Crippen LogP contribution in [0.2, 0.25) is 0 Å². The van der Waals surface area contributed by atoms with E-state index in [1.54, 1.807) is 11.0 Å².